The SMILES string of the molecule is CS(=O)(=O)Nc1ccc(-c2cnn(-c3ccc(=O)n(CC(F)(F)F)c3)c2)c(F)c1. The Balaban J connectivity index is 1.92. The molecule has 0 fully saturated rings. The number of nitrogens with zero attached hydrogens (tertiary/aromatic N) is 3. The Morgan fingerprint density at radius 2 is 1.86 bits per heavy atom. The number of hydrogen-bond acceptors (Lipinski definition) is 4. The highest BCUT2D eigenvalue weighted by molar-refractivity contribution is 7.92. The molecule has 2 heterocycles. The van der Waals surface area contributed by atoms with Gasteiger partial charge in [0.25, 0.3) is 5.56 Å². The lowest BCUT2D eigenvalue weighted by Crippen LogP contribution is -2.27. The molecule has 0 bridgehead atoms. The van der Waals surface area contributed by atoms with Gasteiger partial charge in [-0.05, 0) is 24.3 Å². The maximum atomic E-state index is 14.4. The van der Waals surface area contributed by atoms with E-state index in [1.54, 1.807) is 0 Å². The first kappa shape index (κ1) is 20.6. The summed E-state index contributed by atoms with van der Waals surface area (Å²) in [7, 11) is -3.57. The van der Waals surface area contributed by atoms with Crippen molar-refractivity contribution in [1.82, 2.24) is 14.3 Å². The number of aromatic nitrogens is 3. The van der Waals surface area contributed by atoms with E-state index in [9.17, 15) is 30.8 Å². The second kappa shape index (κ2) is 7.35. The minimum Gasteiger partial charge on any atom is -0.304 e. The van der Waals surface area contributed by atoms with Gasteiger partial charge in [0.1, 0.15) is 12.4 Å². The standard InChI is InChI=1S/C17H14F4N4O3S/c1-29(27,28)23-12-2-4-14(15(18)6-12)11-7-22-25(8-11)13-3-5-16(26)24(9-13)10-17(19,20)21/h2-9,23H,10H2,1H3. The van der Waals surface area contributed by atoms with Crippen LogP contribution in [-0.2, 0) is 16.6 Å². The molecule has 0 unspecified atom stereocenters. The van der Waals surface area contributed by atoms with E-state index in [1.165, 1.54) is 35.3 Å². The molecule has 0 saturated heterocycles. The Morgan fingerprint density at radius 3 is 2.48 bits per heavy atom. The monoisotopic (exact) mass is 430 g/mol. The van der Waals surface area contributed by atoms with Crippen molar-refractivity contribution in [1.29, 1.82) is 0 Å². The quantitative estimate of drug-likeness (QED) is 0.631. The van der Waals surface area contributed by atoms with E-state index in [2.05, 4.69) is 9.82 Å². The van der Waals surface area contributed by atoms with E-state index in [-0.39, 0.29) is 16.9 Å². The summed E-state index contributed by atoms with van der Waals surface area (Å²) in [5, 5.41) is 3.99. The van der Waals surface area contributed by atoms with Gasteiger partial charge in [-0.1, -0.05) is 0 Å². The van der Waals surface area contributed by atoms with Crippen LogP contribution in [0.5, 0.6) is 0 Å². The van der Waals surface area contributed by atoms with Crippen LogP contribution in [0.2, 0.25) is 0 Å². The molecule has 0 aliphatic carbocycles. The zero-order valence-corrected chi connectivity index (χ0v) is 15.6. The predicted molar refractivity (Wildman–Crippen MR) is 97.7 cm³/mol. The molecule has 7 nitrogen and oxygen atoms in total. The molecule has 1 N–H and O–H groups in total. The van der Waals surface area contributed by atoms with Gasteiger partial charge in [0, 0.05) is 29.6 Å². The van der Waals surface area contributed by atoms with E-state index in [0.717, 1.165) is 24.6 Å². The average Bonchev–Trinajstić information content (AvgIpc) is 3.04. The van der Waals surface area contributed by atoms with Crippen molar-refractivity contribution >= 4 is 15.7 Å². The molecule has 154 valence electrons. The summed E-state index contributed by atoms with van der Waals surface area (Å²) in [5.74, 6) is -0.722. The van der Waals surface area contributed by atoms with Gasteiger partial charge in [-0.25, -0.2) is 17.5 Å². The van der Waals surface area contributed by atoms with E-state index < -0.39 is 34.1 Å². The number of alkyl halides is 3. The van der Waals surface area contributed by atoms with Crippen molar-refractivity contribution in [2.24, 2.45) is 0 Å². The van der Waals surface area contributed by atoms with Crippen LogP contribution >= 0.6 is 0 Å². The molecule has 0 radical (unpaired) electrons. The summed E-state index contributed by atoms with van der Waals surface area (Å²) in [5.41, 5.74) is -0.185. The molecular weight excluding hydrogens is 416 g/mol. The fourth-order valence-electron chi connectivity index (χ4n) is 2.60. The lowest BCUT2D eigenvalue weighted by molar-refractivity contribution is -0.141. The molecule has 0 spiro atoms. The molecule has 0 amide bonds. The van der Waals surface area contributed by atoms with Gasteiger partial charge in [-0.3, -0.25) is 9.52 Å². The molecular formula is C17H14F4N4O3S. The maximum absolute atomic E-state index is 14.4. The normalized spacial score (nSPS) is 12.2. The minimum atomic E-state index is -4.57. The lowest BCUT2D eigenvalue weighted by Gasteiger charge is -2.10. The van der Waals surface area contributed by atoms with Crippen molar-refractivity contribution in [3.05, 3.63) is 65.1 Å². The third kappa shape index (κ3) is 5.22. The Kier molecular flexibility index (Phi) is 5.22. The highest BCUT2D eigenvalue weighted by Crippen LogP contribution is 2.26. The average molecular weight is 430 g/mol. The number of hydrogen-bond donors (Lipinski definition) is 1. The topological polar surface area (TPSA) is 86.0 Å². The number of sulfonamides is 1. The molecule has 0 saturated carbocycles. The first-order chi connectivity index (χ1) is 13.4. The van der Waals surface area contributed by atoms with Gasteiger partial charge in [0.05, 0.1) is 23.8 Å². The Hall–Kier alpha value is -3.15. The summed E-state index contributed by atoms with van der Waals surface area (Å²) < 4.78 is 78.5. The van der Waals surface area contributed by atoms with E-state index in [1.807, 2.05) is 0 Å². The fraction of sp³-hybridized carbons (Fsp3) is 0.176. The summed E-state index contributed by atoms with van der Waals surface area (Å²) in [4.78, 5) is 11.6. The highest BCUT2D eigenvalue weighted by Gasteiger charge is 2.28. The second-order valence-electron chi connectivity index (χ2n) is 6.21. The van der Waals surface area contributed by atoms with Gasteiger partial charge in [0.15, 0.2) is 0 Å². The molecule has 2 aromatic heterocycles. The third-order valence-electron chi connectivity index (χ3n) is 3.75. The van der Waals surface area contributed by atoms with Crippen molar-refractivity contribution in [3.63, 3.8) is 0 Å². The van der Waals surface area contributed by atoms with Crippen LogP contribution in [0.15, 0.2) is 53.7 Å². The molecule has 3 aromatic rings. The van der Waals surface area contributed by atoms with Crippen molar-refractivity contribution in [2.45, 2.75) is 12.7 Å². The van der Waals surface area contributed by atoms with Crippen molar-refractivity contribution < 1.29 is 26.0 Å². The van der Waals surface area contributed by atoms with Crippen LogP contribution in [-0.4, -0.2) is 35.2 Å². The van der Waals surface area contributed by atoms with Crippen LogP contribution in [0.25, 0.3) is 16.8 Å². The number of benzene rings is 1. The van der Waals surface area contributed by atoms with Crippen LogP contribution in [0, 0.1) is 5.82 Å². The van der Waals surface area contributed by atoms with E-state index in [4.69, 9.17) is 0 Å². The molecule has 29 heavy (non-hydrogen) atoms. The number of pyridine rings is 1. The third-order valence-corrected chi connectivity index (χ3v) is 4.35. The number of nitrogens with one attached hydrogen (secondary N) is 1. The van der Waals surface area contributed by atoms with Gasteiger partial charge < -0.3 is 4.57 Å². The highest BCUT2D eigenvalue weighted by atomic mass is 32.2. The smallest absolute Gasteiger partial charge is 0.304 e. The van der Waals surface area contributed by atoms with Gasteiger partial charge >= 0.3 is 6.18 Å². The largest absolute Gasteiger partial charge is 0.406 e. The van der Waals surface area contributed by atoms with E-state index >= 15 is 0 Å². The van der Waals surface area contributed by atoms with Crippen molar-refractivity contribution in [2.75, 3.05) is 11.0 Å². The summed E-state index contributed by atoms with van der Waals surface area (Å²) in [6.45, 7) is -1.45. The molecule has 0 atom stereocenters. The molecule has 12 heteroatoms. The van der Waals surface area contributed by atoms with Gasteiger partial charge in [-0.2, -0.15) is 18.3 Å². The van der Waals surface area contributed by atoms with Gasteiger partial charge in [-0.15, -0.1) is 0 Å². The van der Waals surface area contributed by atoms with Crippen LogP contribution in [0.3, 0.4) is 0 Å². The van der Waals surface area contributed by atoms with Crippen LogP contribution in [0.4, 0.5) is 23.2 Å². The van der Waals surface area contributed by atoms with Gasteiger partial charge in [0.2, 0.25) is 10.0 Å². The van der Waals surface area contributed by atoms with Crippen molar-refractivity contribution in [3.8, 4) is 16.8 Å². The lowest BCUT2D eigenvalue weighted by atomic mass is 10.1. The first-order valence-electron chi connectivity index (χ1n) is 8.01. The first-order valence-corrected chi connectivity index (χ1v) is 9.90. The molecule has 0 aliphatic rings. The van der Waals surface area contributed by atoms with Crippen LogP contribution < -0.4 is 10.3 Å². The second-order valence-corrected chi connectivity index (χ2v) is 7.96. The number of anilines is 1. The maximum Gasteiger partial charge on any atom is 0.406 e. The molecule has 3 rings (SSSR count). The minimum absolute atomic E-state index is 0.0420. The zero-order chi connectivity index (χ0) is 21.4. The van der Waals surface area contributed by atoms with Crippen LogP contribution in [0.1, 0.15) is 0 Å². The van der Waals surface area contributed by atoms with E-state index in [0.29, 0.717) is 10.1 Å². The summed E-state index contributed by atoms with van der Waals surface area (Å²) in [6, 6.07) is 5.97. The summed E-state index contributed by atoms with van der Waals surface area (Å²) >= 11 is 0. The fourth-order valence-corrected chi connectivity index (χ4v) is 3.16. The Bertz CT molecular complexity index is 1220. The summed E-state index contributed by atoms with van der Waals surface area (Å²) in [6.07, 6.45) is 0.0346. The number of rotatable bonds is 5. The Morgan fingerprint density at radius 1 is 1.14 bits per heavy atom. The molecule has 0 aliphatic heterocycles. The Labute approximate surface area is 162 Å². The zero-order valence-electron chi connectivity index (χ0n) is 14.8. The number of halogens is 4. The predicted octanol–water partition coefficient (Wildman–Crippen LogP) is 2.77. The molecule has 1 aromatic carbocycles.